The minimum Gasteiger partial charge on any atom is -0.497 e. The summed E-state index contributed by atoms with van der Waals surface area (Å²) in [4.78, 5) is 37.8. The van der Waals surface area contributed by atoms with Gasteiger partial charge in [0, 0.05) is 25.2 Å². The number of nitrogens with one attached hydrogen (secondary N) is 1. The van der Waals surface area contributed by atoms with Gasteiger partial charge in [-0.1, -0.05) is 25.5 Å². The highest BCUT2D eigenvalue weighted by Crippen LogP contribution is 2.30. The van der Waals surface area contributed by atoms with E-state index in [4.69, 9.17) is 14.2 Å². The van der Waals surface area contributed by atoms with Crippen molar-refractivity contribution in [3.63, 3.8) is 0 Å². The Balaban J connectivity index is 2.18. The maximum atomic E-state index is 13.1. The molecular formula is C24H31N3O7. The summed E-state index contributed by atoms with van der Waals surface area (Å²) >= 11 is 0. The van der Waals surface area contributed by atoms with Crippen LogP contribution in [0.1, 0.15) is 32.3 Å². The Morgan fingerprint density at radius 3 is 2.53 bits per heavy atom. The molecule has 2 amide bonds. The van der Waals surface area contributed by atoms with Crippen LogP contribution in [0, 0.1) is 10.1 Å². The highest BCUT2D eigenvalue weighted by molar-refractivity contribution is 5.88. The summed E-state index contributed by atoms with van der Waals surface area (Å²) in [7, 11) is 2.87. The van der Waals surface area contributed by atoms with Gasteiger partial charge in [0.1, 0.15) is 17.5 Å². The lowest BCUT2D eigenvalue weighted by Crippen LogP contribution is -2.49. The van der Waals surface area contributed by atoms with E-state index in [1.54, 1.807) is 26.2 Å². The van der Waals surface area contributed by atoms with Gasteiger partial charge in [0.05, 0.1) is 19.1 Å². The number of nitro groups is 1. The maximum Gasteiger partial charge on any atom is 0.311 e. The van der Waals surface area contributed by atoms with Crippen LogP contribution in [0.3, 0.4) is 0 Å². The van der Waals surface area contributed by atoms with E-state index in [2.05, 4.69) is 5.32 Å². The average molecular weight is 474 g/mol. The monoisotopic (exact) mass is 473 g/mol. The van der Waals surface area contributed by atoms with Crippen LogP contribution in [0.4, 0.5) is 5.69 Å². The lowest BCUT2D eigenvalue weighted by atomic mass is 10.1. The molecule has 10 nitrogen and oxygen atoms in total. The molecular weight excluding hydrogens is 442 g/mol. The number of carbonyl (C=O) groups excluding carboxylic acids is 2. The minimum atomic E-state index is -0.745. The molecule has 10 heteroatoms. The summed E-state index contributed by atoms with van der Waals surface area (Å²) in [5.41, 5.74) is 0.580. The number of rotatable bonds is 13. The van der Waals surface area contributed by atoms with Crippen molar-refractivity contribution in [3.8, 4) is 17.2 Å². The molecule has 0 heterocycles. The fourth-order valence-electron chi connectivity index (χ4n) is 3.21. The Hall–Kier alpha value is -3.82. The van der Waals surface area contributed by atoms with Crippen molar-refractivity contribution in [2.24, 2.45) is 0 Å². The van der Waals surface area contributed by atoms with Gasteiger partial charge in [0.15, 0.2) is 6.61 Å². The fraction of sp³-hybridized carbons (Fsp3) is 0.417. The van der Waals surface area contributed by atoms with Crippen molar-refractivity contribution < 1.29 is 28.7 Å². The lowest BCUT2D eigenvalue weighted by Gasteiger charge is -2.29. The van der Waals surface area contributed by atoms with Crippen molar-refractivity contribution in [1.82, 2.24) is 10.2 Å². The second kappa shape index (κ2) is 13.0. The Morgan fingerprint density at radius 1 is 1.12 bits per heavy atom. The average Bonchev–Trinajstić information content (AvgIpc) is 2.85. The third-order valence-electron chi connectivity index (χ3n) is 5.19. The van der Waals surface area contributed by atoms with Gasteiger partial charge in [-0.05, 0) is 37.1 Å². The van der Waals surface area contributed by atoms with E-state index in [0.29, 0.717) is 12.3 Å². The number of unbranched alkanes of at least 4 members (excludes halogenated alkanes) is 1. The molecule has 0 aromatic heterocycles. The standard InChI is InChI=1S/C24H31N3O7/c1-5-6-12-25-24(29)17(2)26(15-18-8-7-9-19(13-18)32-3)23(28)16-34-20-10-11-21(27(30)31)22(14-20)33-4/h7-11,13-14,17H,5-6,12,15-16H2,1-4H3,(H,25,29). The molecule has 184 valence electrons. The van der Waals surface area contributed by atoms with Gasteiger partial charge < -0.3 is 24.4 Å². The molecule has 0 fully saturated rings. The molecule has 2 aromatic rings. The number of hydrogen-bond acceptors (Lipinski definition) is 7. The SMILES string of the molecule is CCCCNC(=O)C(C)N(Cc1cccc(OC)c1)C(=O)COc1ccc([N+](=O)[O-])c(OC)c1. The number of nitro benzene ring substituents is 1. The molecule has 0 aliphatic heterocycles. The highest BCUT2D eigenvalue weighted by Gasteiger charge is 2.27. The third kappa shape index (κ3) is 7.36. The zero-order chi connectivity index (χ0) is 25.1. The van der Waals surface area contributed by atoms with Gasteiger partial charge in [-0.25, -0.2) is 0 Å². The quantitative estimate of drug-likeness (QED) is 0.269. The topological polar surface area (TPSA) is 120 Å². The first-order valence-corrected chi connectivity index (χ1v) is 11.0. The second-order valence-electron chi connectivity index (χ2n) is 7.57. The summed E-state index contributed by atoms with van der Waals surface area (Å²) in [5.74, 6) is 0.211. The summed E-state index contributed by atoms with van der Waals surface area (Å²) in [6, 6.07) is 10.5. The summed E-state index contributed by atoms with van der Waals surface area (Å²) in [6.45, 7) is 4.02. The molecule has 0 spiro atoms. The predicted molar refractivity (Wildman–Crippen MR) is 126 cm³/mol. The van der Waals surface area contributed by atoms with Crippen LogP contribution >= 0.6 is 0 Å². The van der Waals surface area contributed by atoms with Crippen LogP contribution in [0.15, 0.2) is 42.5 Å². The molecule has 0 saturated heterocycles. The molecule has 0 aliphatic carbocycles. The maximum absolute atomic E-state index is 13.1. The van der Waals surface area contributed by atoms with Gasteiger partial charge in [0.2, 0.25) is 11.7 Å². The second-order valence-corrected chi connectivity index (χ2v) is 7.57. The third-order valence-corrected chi connectivity index (χ3v) is 5.19. The molecule has 2 aromatic carbocycles. The number of amides is 2. The number of hydrogen-bond donors (Lipinski definition) is 1. The molecule has 0 saturated carbocycles. The van der Waals surface area contributed by atoms with Crippen molar-refractivity contribution in [3.05, 3.63) is 58.1 Å². The van der Waals surface area contributed by atoms with Crippen LogP contribution in [-0.2, 0) is 16.1 Å². The molecule has 1 unspecified atom stereocenters. The highest BCUT2D eigenvalue weighted by atomic mass is 16.6. The Kier molecular flexibility index (Phi) is 10.1. The van der Waals surface area contributed by atoms with Gasteiger partial charge in [0.25, 0.3) is 5.91 Å². The molecule has 1 atom stereocenters. The molecule has 1 N–H and O–H groups in total. The van der Waals surface area contributed by atoms with Crippen molar-refractivity contribution in [2.45, 2.75) is 39.3 Å². The molecule has 0 radical (unpaired) electrons. The van der Waals surface area contributed by atoms with Crippen LogP contribution in [-0.4, -0.2) is 55.1 Å². The van der Waals surface area contributed by atoms with Gasteiger partial charge in [-0.3, -0.25) is 19.7 Å². The zero-order valence-corrected chi connectivity index (χ0v) is 19.9. The largest absolute Gasteiger partial charge is 0.497 e. The Bertz CT molecular complexity index is 996. The lowest BCUT2D eigenvalue weighted by molar-refractivity contribution is -0.385. The van der Waals surface area contributed by atoms with E-state index in [-0.39, 0.29) is 36.2 Å². The van der Waals surface area contributed by atoms with Crippen molar-refractivity contribution >= 4 is 17.5 Å². The van der Waals surface area contributed by atoms with Crippen molar-refractivity contribution in [1.29, 1.82) is 0 Å². The predicted octanol–water partition coefficient (Wildman–Crippen LogP) is 3.32. The fourth-order valence-corrected chi connectivity index (χ4v) is 3.21. The van der Waals surface area contributed by atoms with E-state index >= 15 is 0 Å². The number of methoxy groups -OCH3 is 2. The van der Waals surface area contributed by atoms with Crippen LogP contribution in [0.25, 0.3) is 0 Å². The number of benzene rings is 2. The number of nitrogens with zero attached hydrogens (tertiary/aromatic N) is 2. The summed E-state index contributed by atoms with van der Waals surface area (Å²) in [5, 5.41) is 13.9. The molecule has 34 heavy (non-hydrogen) atoms. The van der Waals surface area contributed by atoms with E-state index in [1.807, 2.05) is 19.1 Å². The van der Waals surface area contributed by atoms with Crippen molar-refractivity contribution in [2.75, 3.05) is 27.4 Å². The van der Waals surface area contributed by atoms with Crippen LogP contribution in [0.5, 0.6) is 17.2 Å². The first kappa shape index (κ1) is 26.4. The number of ether oxygens (including phenoxy) is 3. The molecule has 2 rings (SSSR count). The van der Waals surface area contributed by atoms with Gasteiger partial charge in [-0.15, -0.1) is 0 Å². The Labute approximate surface area is 198 Å². The molecule has 0 bridgehead atoms. The normalized spacial score (nSPS) is 11.3. The van der Waals surface area contributed by atoms with E-state index in [0.717, 1.165) is 18.4 Å². The Morgan fingerprint density at radius 2 is 1.88 bits per heavy atom. The minimum absolute atomic E-state index is 0.0202. The van der Waals surface area contributed by atoms with E-state index < -0.39 is 16.9 Å². The number of carbonyl (C=O) groups is 2. The first-order chi connectivity index (χ1) is 16.3. The smallest absolute Gasteiger partial charge is 0.311 e. The summed E-state index contributed by atoms with van der Waals surface area (Å²) < 4.78 is 15.9. The van der Waals surface area contributed by atoms with Crippen LogP contribution in [0.2, 0.25) is 0 Å². The first-order valence-electron chi connectivity index (χ1n) is 11.0. The van der Waals surface area contributed by atoms with E-state index in [9.17, 15) is 19.7 Å². The van der Waals surface area contributed by atoms with Crippen LogP contribution < -0.4 is 19.5 Å². The summed E-state index contributed by atoms with van der Waals surface area (Å²) in [6.07, 6.45) is 1.78. The molecule has 0 aliphatic rings. The van der Waals surface area contributed by atoms with Gasteiger partial charge in [-0.2, -0.15) is 0 Å². The van der Waals surface area contributed by atoms with Gasteiger partial charge >= 0.3 is 5.69 Å². The zero-order valence-electron chi connectivity index (χ0n) is 19.9. The van der Waals surface area contributed by atoms with E-state index in [1.165, 1.54) is 30.2 Å².